The van der Waals surface area contributed by atoms with Crippen LogP contribution in [-0.2, 0) is 26.4 Å². The second-order valence-electron chi connectivity index (χ2n) is 12.3. The summed E-state index contributed by atoms with van der Waals surface area (Å²) in [7, 11) is 1.96. The van der Waals surface area contributed by atoms with Gasteiger partial charge in [0, 0.05) is 58.8 Å². The van der Waals surface area contributed by atoms with Crippen LogP contribution in [0.2, 0.25) is 18.1 Å². The summed E-state index contributed by atoms with van der Waals surface area (Å²) in [5.41, 5.74) is 5.74. The van der Waals surface area contributed by atoms with E-state index in [4.69, 9.17) is 35.2 Å². The number of H-pyrrole nitrogens is 1. The lowest BCUT2D eigenvalue weighted by Crippen LogP contribution is -2.48. The summed E-state index contributed by atoms with van der Waals surface area (Å²) >= 11 is 9.18. The predicted octanol–water partition coefficient (Wildman–Crippen LogP) is 6.67. The number of ether oxygens (including phenoxy) is 1. The van der Waals surface area contributed by atoms with Crippen LogP contribution in [0.3, 0.4) is 0 Å². The number of nitrogens with zero attached hydrogens (tertiary/aromatic N) is 6. The molecule has 12 nitrogen and oxygen atoms in total. The van der Waals surface area contributed by atoms with E-state index in [0.717, 1.165) is 44.0 Å². The van der Waals surface area contributed by atoms with Gasteiger partial charge in [-0.25, -0.2) is 14.8 Å². The maximum absolute atomic E-state index is 11.8. The minimum atomic E-state index is -1.02. The Balaban J connectivity index is 1.52. The highest BCUT2D eigenvalue weighted by Crippen LogP contribution is 2.39. The summed E-state index contributed by atoms with van der Waals surface area (Å²) in [5.74, 6) is 1.50. The highest BCUT2D eigenvalue weighted by Gasteiger charge is 2.40. The van der Waals surface area contributed by atoms with Gasteiger partial charge < -0.3 is 28.5 Å². The van der Waals surface area contributed by atoms with Crippen LogP contribution in [0.4, 0.5) is 10.6 Å². The van der Waals surface area contributed by atoms with Crippen LogP contribution in [0.1, 0.15) is 36.2 Å². The summed E-state index contributed by atoms with van der Waals surface area (Å²) in [5, 5.41) is 17.6. The third-order valence-corrected chi connectivity index (χ3v) is 10.8. The number of alkyl halides is 1. The number of hydrogen-bond donors (Lipinski definition) is 2. The Morgan fingerprint density at radius 2 is 1.96 bits per heavy atom. The molecule has 0 saturated heterocycles. The molecule has 1 aliphatic rings. The van der Waals surface area contributed by atoms with Crippen LogP contribution in [0, 0.1) is 18.3 Å². The Labute approximate surface area is 310 Å². The van der Waals surface area contributed by atoms with Gasteiger partial charge in [0.2, 0.25) is 19.5 Å². The molecule has 1 amide bonds. The molecule has 1 aliphatic heterocycles. The van der Waals surface area contributed by atoms with Crippen molar-refractivity contribution in [1.82, 2.24) is 30.0 Å². The molecule has 0 unspecified atom stereocenters. The van der Waals surface area contributed by atoms with E-state index in [1.165, 1.54) is 4.90 Å². The van der Waals surface area contributed by atoms with E-state index in [0.29, 0.717) is 35.2 Å². The SMILES string of the molecule is C[Si]OC(O[Si]C)C(C)(C)[C@H](COc1ccc(Cl)c(-c2nc(-c3[nH]ncc3CI)c(C)c(N3Cc4cccnc4C3)n2)c1)CN(C)C(=O)O. The van der Waals surface area contributed by atoms with Crippen molar-refractivity contribution in [2.45, 2.75) is 57.7 Å². The van der Waals surface area contributed by atoms with Gasteiger partial charge in [0.15, 0.2) is 5.82 Å². The molecule has 0 aliphatic carbocycles. The molecule has 2 N–H and O–H groups in total. The lowest BCUT2D eigenvalue weighted by atomic mass is 9.78. The van der Waals surface area contributed by atoms with Crippen LogP contribution < -0.4 is 9.64 Å². The molecule has 0 fully saturated rings. The van der Waals surface area contributed by atoms with Crippen molar-refractivity contribution in [2.24, 2.45) is 11.3 Å². The number of aromatic nitrogens is 5. The quantitative estimate of drug-likeness (QED) is 0.0579. The van der Waals surface area contributed by atoms with E-state index in [2.05, 4.69) is 48.7 Å². The first kappa shape index (κ1) is 37.2. The lowest BCUT2D eigenvalue weighted by Gasteiger charge is -2.41. The molecule has 4 radical (unpaired) electrons. The number of pyridine rings is 1. The Morgan fingerprint density at radius 1 is 1.20 bits per heavy atom. The van der Waals surface area contributed by atoms with Gasteiger partial charge >= 0.3 is 6.09 Å². The van der Waals surface area contributed by atoms with Gasteiger partial charge in [-0.15, -0.1) is 0 Å². The molecule has 4 heterocycles. The fourth-order valence-electron chi connectivity index (χ4n) is 5.75. The third-order valence-electron chi connectivity index (χ3n) is 8.76. The van der Waals surface area contributed by atoms with E-state index in [1.807, 2.05) is 58.4 Å². The molecular formula is C33H39ClIN7O5Si2. The Hall–Kier alpha value is -3.10. The molecule has 1 aromatic carbocycles. The molecule has 258 valence electrons. The number of rotatable bonds is 15. The first-order valence-corrected chi connectivity index (χ1v) is 20.4. The normalized spacial score (nSPS) is 13.5. The van der Waals surface area contributed by atoms with E-state index >= 15 is 0 Å². The standard InChI is InChI=1S/C33H39ClIN7O5Si2/c1-19-27(28-21(13-35)14-37-40-28)38-29(39-30(19)42-15-20-8-7-11-36-26(20)17-42)24-12-23(9-10-25(24)34)45-18-22(16-41(4)32(43)44)33(2,3)31(46-48-5)47-49-6/h7-12,14,22,31H,13,15-18H2,1-6H3,(H,37,40)(H,43,44)/t22-/m0/s1. The topological polar surface area (TPSA) is 139 Å². The first-order chi connectivity index (χ1) is 23.5. The highest BCUT2D eigenvalue weighted by molar-refractivity contribution is 14.1. The molecule has 49 heavy (non-hydrogen) atoms. The summed E-state index contributed by atoms with van der Waals surface area (Å²) < 4.78 is 19.2. The number of nitrogens with one attached hydrogen (secondary N) is 1. The van der Waals surface area contributed by atoms with E-state index < -0.39 is 17.8 Å². The zero-order valence-corrected chi connectivity index (χ0v) is 33.2. The summed E-state index contributed by atoms with van der Waals surface area (Å²) in [4.78, 5) is 30.1. The van der Waals surface area contributed by atoms with E-state index in [-0.39, 0.29) is 38.6 Å². The minimum Gasteiger partial charge on any atom is -0.493 e. The van der Waals surface area contributed by atoms with Gasteiger partial charge in [-0.05, 0) is 49.8 Å². The van der Waals surface area contributed by atoms with Crippen molar-refractivity contribution < 1.29 is 23.5 Å². The van der Waals surface area contributed by atoms with Crippen LogP contribution in [0.15, 0.2) is 42.7 Å². The maximum Gasteiger partial charge on any atom is 0.407 e. The summed E-state index contributed by atoms with van der Waals surface area (Å²) in [6.07, 6.45) is 2.08. The molecular weight excluding hydrogens is 793 g/mol. The van der Waals surface area contributed by atoms with Gasteiger partial charge in [0.1, 0.15) is 17.9 Å². The lowest BCUT2D eigenvalue weighted by molar-refractivity contribution is -0.114. The maximum atomic E-state index is 11.8. The average Bonchev–Trinajstić information content (AvgIpc) is 3.74. The second kappa shape index (κ2) is 16.3. The third kappa shape index (κ3) is 8.28. The molecule has 5 rings (SSSR count). The van der Waals surface area contributed by atoms with Crippen LogP contribution in [0.5, 0.6) is 5.75 Å². The Morgan fingerprint density at radius 3 is 2.63 bits per heavy atom. The van der Waals surface area contributed by atoms with Crippen molar-refractivity contribution in [2.75, 3.05) is 25.1 Å². The van der Waals surface area contributed by atoms with Gasteiger partial charge in [-0.1, -0.05) is 54.1 Å². The van der Waals surface area contributed by atoms with Gasteiger partial charge in [0.05, 0.1) is 41.5 Å². The predicted molar refractivity (Wildman–Crippen MR) is 199 cm³/mol. The van der Waals surface area contributed by atoms with Crippen molar-refractivity contribution in [1.29, 1.82) is 0 Å². The Kier molecular flexibility index (Phi) is 12.4. The zero-order valence-electron chi connectivity index (χ0n) is 28.3. The molecule has 0 saturated carbocycles. The van der Waals surface area contributed by atoms with Crippen molar-refractivity contribution in [3.63, 3.8) is 0 Å². The molecule has 0 bridgehead atoms. The number of fused-ring (bicyclic) bond motifs is 1. The van der Waals surface area contributed by atoms with Crippen LogP contribution >= 0.6 is 34.2 Å². The fourth-order valence-corrected chi connectivity index (χ4v) is 7.76. The molecule has 1 atom stereocenters. The number of carbonyl (C=O) groups is 1. The first-order valence-electron chi connectivity index (χ1n) is 15.6. The van der Waals surface area contributed by atoms with Crippen LogP contribution in [-0.4, -0.2) is 87.3 Å². The minimum absolute atomic E-state index is 0.200. The largest absolute Gasteiger partial charge is 0.493 e. The number of amides is 1. The smallest absolute Gasteiger partial charge is 0.407 e. The molecule has 4 aromatic rings. The number of anilines is 1. The fraction of sp³-hybridized carbons (Fsp3) is 0.424. The van der Waals surface area contributed by atoms with Crippen molar-refractivity contribution in [3.8, 4) is 28.5 Å². The number of carboxylic acid groups (broad SMARTS) is 1. The van der Waals surface area contributed by atoms with Crippen molar-refractivity contribution in [3.05, 3.63) is 70.1 Å². The average molecular weight is 832 g/mol. The molecule has 16 heteroatoms. The van der Waals surface area contributed by atoms with E-state index in [9.17, 15) is 9.90 Å². The van der Waals surface area contributed by atoms with E-state index in [1.54, 1.807) is 19.2 Å². The Bertz CT molecular complexity index is 1750. The number of aromatic amines is 1. The molecule has 3 aromatic heterocycles. The van der Waals surface area contributed by atoms with Gasteiger partial charge in [-0.2, -0.15) is 5.10 Å². The van der Waals surface area contributed by atoms with Gasteiger partial charge in [-0.3, -0.25) is 10.1 Å². The summed E-state index contributed by atoms with van der Waals surface area (Å²) in [6.45, 7) is 11.7. The zero-order chi connectivity index (χ0) is 35.3. The number of benzene rings is 1. The van der Waals surface area contributed by atoms with Gasteiger partial charge in [0.25, 0.3) is 0 Å². The van der Waals surface area contributed by atoms with Crippen molar-refractivity contribution >= 4 is 65.6 Å². The highest BCUT2D eigenvalue weighted by atomic mass is 127. The second-order valence-corrected chi connectivity index (χ2v) is 14.8. The summed E-state index contributed by atoms with van der Waals surface area (Å²) in [6, 6.07) is 9.45. The monoisotopic (exact) mass is 831 g/mol. The number of halogens is 2. The number of hydrogen-bond acceptors (Lipinski definition) is 9. The van der Waals surface area contributed by atoms with Crippen LogP contribution in [0.25, 0.3) is 22.8 Å². The molecule has 0 spiro atoms.